The van der Waals surface area contributed by atoms with Crippen molar-refractivity contribution in [2.24, 2.45) is 5.92 Å². The zero-order chi connectivity index (χ0) is 10.5. The van der Waals surface area contributed by atoms with Crippen LogP contribution >= 0.6 is 0 Å². The molecule has 0 saturated carbocycles. The van der Waals surface area contributed by atoms with Crippen LogP contribution in [0.5, 0.6) is 0 Å². The Morgan fingerprint density at radius 2 is 1.93 bits per heavy atom. The Labute approximate surface area is 91.6 Å². The van der Waals surface area contributed by atoms with Crippen LogP contribution in [0, 0.1) is 5.92 Å². The fourth-order valence-corrected chi connectivity index (χ4v) is 1.62. The lowest BCUT2D eigenvalue weighted by Crippen LogP contribution is -1.92. The summed E-state index contributed by atoms with van der Waals surface area (Å²) in [5.41, 5.74) is 2.57. The smallest absolute Gasteiger partial charge is 0.0224 e. The predicted molar refractivity (Wildman–Crippen MR) is 66.5 cm³/mol. The summed E-state index contributed by atoms with van der Waals surface area (Å²) in [6.45, 7) is 2.24. The number of hydrogen-bond acceptors (Lipinski definition) is 0. The normalized spacial score (nSPS) is 20.6. The lowest BCUT2D eigenvalue weighted by atomic mass is 9.98. The van der Waals surface area contributed by atoms with Crippen molar-refractivity contribution in [1.29, 1.82) is 0 Å². The van der Waals surface area contributed by atoms with Crippen LogP contribution in [0.2, 0.25) is 0 Å². The van der Waals surface area contributed by atoms with Gasteiger partial charge in [0.15, 0.2) is 0 Å². The molecule has 0 aliphatic heterocycles. The van der Waals surface area contributed by atoms with Crippen LogP contribution in [0.25, 0.3) is 6.08 Å². The highest BCUT2D eigenvalue weighted by Gasteiger charge is 2.00. The van der Waals surface area contributed by atoms with Crippen molar-refractivity contribution < 1.29 is 0 Å². The van der Waals surface area contributed by atoms with Gasteiger partial charge in [-0.3, -0.25) is 0 Å². The van der Waals surface area contributed by atoms with Gasteiger partial charge in [0.25, 0.3) is 0 Å². The van der Waals surface area contributed by atoms with E-state index in [-0.39, 0.29) is 0 Å². The van der Waals surface area contributed by atoms with E-state index in [0.717, 1.165) is 6.42 Å². The molecule has 0 nitrogen and oxygen atoms in total. The summed E-state index contributed by atoms with van der Waals surface area (Å²) < 4.78 is 0. The molecule has 0 bridgehead atoms. The van der Waals surface area contributed by atoms with Gasteiger partial charge in [0.05, 0.1) is 0 Å². The highest BCUT2D eigenvalue weighted by atomic mass is 14.1. The van der Waals surface area contributed by atoms with Gasteiger partial charge in [-0.1, -0.05) is 67.6 Å². The monoisotopic (exact) mass is 196 g/mol. The fraction of sp³-hybridized carbons (Fsp3) is 0.200. The Hall–Kier alpha value is -1.56. The van der Waals surface area contributed by atoms with Gasteiger partial charge in [-0.2, -0.15) is 0 Å². The third-order valence-corrected chi connectivity index (χ3v) is 2.61. The number of benzene rings is 1. The van der Waals surface area contributed by atoms with Gasteiger partial charge in [-0.05, 0) is 23.5 Å². The first-order valence-corrected chi connectivity index (χ1v) is 5.46. The molecule has 1 unspecified atom stereocenters. The minimum Gasteiger partial charge on any atom is -0.0808 e. The molecule has 1 aromatic rings. The highest BCUT2D eigenvalue weighted by Crippen LogP contribution is 2.17. The average molecular weight is 196 g/mol. The zero-order valence-electron chi connectivity index (χ0n) is 9.06. The quantitative estimate of drug-likeness (QED) is 0.664. The first-order valence-electron chi connectivity index (χ1n) is 5.46. The van der Waals surface area contributed by atoms with Crippen LogP contribution in [-0.2, 0) is 0 Å². The van der Waals surface area contributed by atoms with Gasteiger partial charge in [0.2, 0.25) is 0 Å². The van der Waals surface area contributed by atoms with Crippen molar-refractivity contribution in [1.82, 2.24) is 0 Å². The molecule has 0 heterocycles. The summed E-state index contributed by atoms with van der Waals surface area (Å²) in [5.74, 6) is 0.693. The van der Waals surface area contributed by atoms with E-state index in [2.05, 4.69) is 61.6 Å². The molecule has 0 radical (unpaired) electrons. The molecule has 1 aromatic carbocycles. The van der Waals surface area contributed by atoms with Crippen LogP contribution in [0.4, 0.5) is 0 Å². The molecule has 0 saturated heterocycles. The molecule has 0 amide bonds. The van der Waals surface area contributed by atoms with E-state index in [9.17, 15) is 0 Å². The van der Waals surface area contributed by atoms with Crippen LogP contribution in [0.1, 0.15) is 18.9 Å². The van der Waals surface area contributed by atoms with Gasteiger partial charge in [0, 0.05) is 0 Å². The lowest BCUT2D eigenvalue weighted by Gasteiger charge is -2.08. The van der Waals surface area contributed by atoms with Crippen molar-refractivity contribution >= 4 is 6.08 Å². The summed E-state index contributed by atoms with van der Waals surface area (Å²) in [7, 11) is 0. The largest absolute Gasteiger partial charge is 0.0808 e. The standard InChI is InChI=1S/C15H16/c1-13-7-9-15(10-8-13)12-11-14-5-3-2-4-6-14/h2-7,9-13H,8H2,1H3. The molecule has 1 aliphatic carbocycles. The first kappa shape index (κ1) is 9.97. The minimum atomic E-state index is 0.693. The van der Waals surface area contributed by atoms with Crippen LogP contribution < -0.4 is 0 Å². The summed E-state index contributed by atoms with van der Waals surface area (Å²) in [4.78, 5) is 0. The maximum absolute atomic E-state index is 2.30. The van der Waals surface area contributed by atoms with E-state index in [1.165, 1.54) is 11.1 Å². The Bertz CT molecular complexity index is 393. The first-order chi connectivity index (χ1) is 7.34. The van der Waals surface area contributed by atoms with Crippen molar-refractivity contribution in [3.63, 3.8) is 0 Å². The summed E-state index contributed by atoms with van der Waals surface area (Å²) in [5, 5.41) is 0. The molecule has 0 spiro atoms. The Balaban J connectivity index is 2.04. The van der Waals surface area contributed by atoms with Gasteiger partial charge in [-0.25, -0.2) is 0 Å². The fourth-order valence-electron chi connectivity index (χ4n) is 1.62. The molecule has 0 aromatic heterocycles. The SMILES string of the molecule is CC1C=CC(C=Cc2ccccc2)=CC1. The van der Waals surface area contributed by atoms with Crippen molar-refractivity contribution in [2.45, 2.75) is 13.3 Å². The number of rotatable bonds is 2. The maximum Gasteiger partial charge on any atom is -0.0224 e. The van der Waals surface area contributed by atoms with Gasteiger partial charge >= 0.3 is 0 Å². The second kappa shape index (κ2) is 4.79. The maximum atomic E-state index is 2.30. The Kier molecular flexibility index (Phi) is 3.18. The lowest BCUT2D eigenvalue weighted by molar-refractivity contribution is 0.733. The van der Waals surface area contributed by atoms with E-state index in [1.54, 1.807) is 0 Å². The third kappa shape index (κ3) is 2.95. The summed E-state index contributed by atoms with van der Waals surface area (Å²) in [6.07, 6.45) is 12.3. The number of hydrogen-bond donors (Lipinski definition) is 0. The molecule has 2 rings (SSSR count). The molecular weight excluding hydrogens is 180 g/mol. The molecule has 15 heavy (non-hydrogen) atoms. The van der Waals surface area contributed by atoms with E-state index in [1.807, 2.05) is 6.07 Å². The molecule has 0 heteroatoms. The Morgan fingerprint density at radius 1 is 1.13 bits per heavy atom. The summed E-state index contributed by atoms with van der Waals surface area (Å²) in [6, 6.07) is 10.4. The van der Waals surface area contributed by atoms with Gasteiger partial charge < -0.3 is 0 Å². The summed E-state index contributed by atoms with van der Waals surface area (Å²) >= 11 is 0. The van der Waals surface area contributed by atoms with Crippen molar-refractivity contribution in [2.75, 3.05) is 0 Å². The molecule has 0 N–H and O–H groups in total. The van der Waals surface area contributed by atoms with E-state index < -0.39 is 0 Å². The molecule has 0 fully saturated rings. The topological polar surface area (TPSA) is 0 Å². The second-order valence-electron chi connectivity index (χ2n) is 4.02. The van der Waals surface area contributed by atoms with E-state index in [0.29, 0.717) is 5.92 Å². The van der Waals surface area contributed by atoms with E-state index in [4.69, 9.17) is 0 Å². The number of allylic oxidation sites excluding steroid dienone is 5. The van der Waals surface area contributed by atoms with Gasteiger partial charge in [-0.15, -0.1) is 0 Å². The third-order valence-electron chi connectivity index (χ3n) is 2.61. The zero-order valence-corrected chi connectivity index (χ0v) is 9.06. The highest BCUT2D eigenvalue weighted by molar-refractivity contribution is 5.54. The Morgan fingerprint density at radius 3 is 2.60 bits per heavy atom. The average Bonchev–Trinajstić information content (AvgIpc) is 2.30. The van der Waals surface area contributed by atoms with Gasteiger partial charge in [0.1, 0.15) is 0 Å². The van der Waals surface area contributed by atoms with Crippen molar-refractivity contribution in [3.05, 3.63) is 65.8 Å². The molecule has 1 aliphatic rings. The molecular formula is C15H16. The van der Waals surface area contributed by atoms with Crippen LogP contribution in [0.15, 0.2) is 60.2 Å². The minimum absolute atomic E-state index is 0.693. The molecule has 1 atom stereocenters. The van der Waals surface area contributed by atoms with Crippen LogP contribution in [0.3, 0.4) is 0 Å². The predicted octanol–water partition coefficient (Wildman–Crippen LogP) is 4.22. The molecule has 76 valence electrons. The van der Waals surface area contributed by atoms with E-state index >= 15 is 0 Å². The second-order valence-corrected chi connectivity index (χ2v) is 4.02. The van der Waals surface area contributed by atoms with Crippen LogP contribution in [-0.4, -0.2) is 0 Å². The van der Waals surface area contributed by atoms with Crippen molar-refractivity contribution in [3.8, 4) is 0 Å².